The Balaban J connectivity index is 4.21. The van der Waals surface area contributed by atoms with Crippen LogP contribution in [0.5, 0.6) is 0 Å². The fourth-order valence-electron chi connectivity index (χ4n) is 0.837. The molecule has 0 fully saturated rings. The first-order chi connectivity index (χ1) is 6.13. The van der Waals surface area contributed by atoms with Crippen molar-refractivity contribution in [1.82, 2.24) is 0 Å². The molecule has 0 atom stereocenters. The topological polar surface area (TPSA) is 60.2 Å². The standard InChI is InChI=1S/C9H15NO2S/c1-3-9(12)8(7(2)10)6-13-5-4-11/h4H,3,5-6,10H2,1-2H3. The monoisotopic (exact) mass is 201 g/mol. The highest BCUT2D eigenvalue weighted by atomic mass is 32.2. The van der Waals surface area contributed by atoms with Gasteiger partial charge in [-0.05, 0) is 6.92 Å². The van der Waals surface area contributed by atoms with Gasteiger partial charge in [-0.1, -0.05) is 6.92 Å². The average Bonchev–Trinajstić information content (AvgIpc) is 2.11. The maximum Gasteiger partial charge on any atom is 0.161 e. The number of Topliss-reactive ketones (excluding diaryl/α,β-unsaturated/α-hetero) is 1. The first-order valence-corrected chi connectivity index (χ1v) is 5.28. The van der Waals surface area contributed by atoms with Gasteiger partial charge in [-0.25, -0.2) is 0 Å². The summed E-state index contributed by atoms with van der Waals surface area (Å²) >= 11 is 1.41. The van der Waals surface area contributed by atoms with Crippen LogP contribution in [0, 0.1) is 0 Å². The van der Waals surface area contributed by atoms with E-state index in [9.17, 15) is 9.59 Å². The highest BCUT2D eigenvalue weighted by molar-refractivity contribution is 8.00. The number of hydrogen-bond acceptors (Lipinski definition) is 4. The Kier molecular flexibility index (Phi) is 6.32. The number of carbonyl (C=O) groups excluding carboxylic acids is 2. The highest BCUT2D eigenvalue weighted by Gasteiger charge is 2.09. The van der Waals surface area contributed by atoms with Crippen LogP contribution in [-0.4, -0.2) is 23.6 Å². The molecule has 13 heavy (non-hydrogen) atoms. The normalized spacial score (nSPS) is 12.2. The molecule has 0 aliphatic rings. The number of ketones is 1. The van der Waals surface area contributed by atoms with Crippen molar-refractivity contribution in [2.75, 3.05) is 11.5 Å². The minimum absolute atomic E-state index is 0.0680. The summed E-state index contributed by atoms with van der Waals surface area (Å²) in [7, 11) is 0. The number of aldehydes is 1. The molecule has 0 unspecified atom stereocenters. The molecule has 0 radical (unpaired) electrons. The molecule has 3 nitrogen and oxygen atoms in total. The van der Waals surface area contributed by atoms with Crippen LogP contribution in [-0.2, 0) is 9.59 Å². The number of rotatable bonds is 6. The first kappa shape index (κ1) is 12.2. The van der Waals surface area contributed by atoms with Crippen LogP contribution >= 0.6 is 11.8 Å². The van der Waals surface area contributed by atoms with E-state index >= 15 is 0 Å². The van der Waals surface area contributed by atoms with Crippen molar-refractivity contribution in [1.29, 1.82) is 0 Å². The van der Waals surface area contributed by atoms with Gasteiger partial charge < -0.3 is 10.5 Å². The lowest BCUT2D eigenvalue weighted by molar-refractivity contribution is -0.115. The molecule has 0 aliphatic heterocycles. The van der Waals surface area contributed by atoms with E-state index in [0.717, 1.165) is 6.29 Å². The van der Waals surface area contributed by atoms with E-state index in [2.05, 4.69) is 0 Å². The summed E-state index contributed by atoms with van der Waals surface area (Å²) in [5, 5.41) is 0. The highest BCUT2D eigenvalue weighted by Crippen LogP contribution is 2.11. The van der Waals surface area contributed by atoms with Gasteiger partial charge in [-0.15, -0.1) is 11.8 Å². The SMILES string of the molecule is CCC(=O)C(CSCC=O)=C(C)N. The summed E-state index contributed by atoms with van der Waals surface area (Å²) in [6.45, 7) is 3.51. The van der Waals surface area contributed by atoms with Crippen molar-refractivity contribution < 1.29 is 9.59 Å². The third kappa shape index (κ3) is 4.72. The predicted molar refractivity (Wildman–Crippen MR) is 55.6 cm³/mol. The summed E-state index contributed by atoms with van der Waals surface area (Å²) in [6.07, 6.45) is 1.29. The van der Waals surface area contributed by atoms with Crippen molar-refractivity contribution in [3.8, 4) is 0 Å². The Morgan fingerprint density at radius 3 is 2.54 bits per heavy atom. The van der Waals surface area contributed by atoms with Crippen LogP contribution in [0.2, 0.25) is 0 Å². The summed E-state index contributed by atoms with van der Waals surface area (Å²) < 4.78 is 0. The smallest absolute Gasteiger partial charge is 0.161 e. The second-order valence-corrected chi connectivity index (χ2v) is 3.65. The molecule has 0 spiro atoms. The Morgan fingerprint density at radius 2 is 2.15 bits per heavy atom. The van der Waals surface area contributed by atoms with Gasteiger partial charge in [0.15, 0.2) is 5.78 Å². The van der Waals surface area contributed by atoms with Crippen LogP contribution in [0.15, 0.2) is 11.3 Å². The van der Waals surface area contributed by atoms with Crippen molar-refractivity contribution >= 4 is 23.8 Å². The van der Waals surface area contributed by atoms with E-state index in [4.69, 9.17) is 5.73 Å². The van der Waals surface area contributed by atoms with Gasteiger partial charge >= 0.3 is 0 Å². The molecular formula is C9H15NO2S. The van der Waals surface area contributed by atoms with E-state index in [-0.39, 0.29) is 5.78 Å². The number of carbonyl (C=O) groups is 2. The molecular weight excluding hydrogens is 186 g/mol. The maximum atomic E-state index is 11.3. The van der Waals surface area contributed by atoms with Gasteiger partial charge in [0, 0.05) is 29.2 Å². The Labute approximate surface area is 82.8 Å². The molecule has 0 saturated heterocycles. The van der Waals surface area contributed by atoms with Gasteiger partial charge in [-0.3, -0.25) is 4.79 Å². The first-order valence-electron chi connectivity index (χ1n) is 4.13. The molecule has 0 saturated carbocycles. The van der Waals surface area contributed by atoms with E-state index < -0.39 is 0 Å². The van der Waals surface area contributed by atoms with E-state index in [1.54, 1.807) is 13.8 Å². The van der Waals surface area contributed by atoms with Crippen LogP contribution in [0.4, 0.5) is 0 Å². The molecule has 0 aliphatic carbocycles. The van der Waals surface area contributed by atoms with Gasteiger partial charge in [0.25, 0.3) is 0 Å². The van der Waals surface area contributed by atoms with Gasteiger partial charge in [0.2, 0.25) is 0 Å². The zero-order chi connectivity index (χ0) is 10.3. The second-order valence-electron chi connectivity index (χ2n) is 2.62. The summed E-state index contributed by atoms with van der Waals surface area (Å²) in [4.78, 5) is 21.4. The maximum absolute atomic E-state index is 11.3. The molecule has 0 bridgehead atoms. The lowest BCUT2D eigenvalue weighted by atomic mass is 10.1. The van der Waals surface area contributed by atoms with E-state index in [0.29, 0.717) is 29.2 Å². The molecule has 0 aromatic heterocycles. The molecule has 2 N–H and O–H groups in total. The molecule has 0 aromatic rings. The quantitative estimate of drug-likeness (QED) is 0.397. The molecule has 0 aromatic carbocycles. The van der Waals surface area contributed by atoms with Gasteiger partial charge in [-0.2, -0.15) is 0 Å². The van der Waals surface area contributed by atoms with Gasteiger partial charge in [0.1, 0.15) is 6.29 Å². The fraction of sp³-hybridized carbons (Fsp3) is 0.556. The average molecular weight is 201 g/mol. The van der Waals surface area contributed by atoms with Crippen LogP contribution < -0.4 is 5.73 Å². The Morgan fingerprint density at radius 1 is 1.54 bits per heavy atom. The minimum atomic E-state index is 0.0680. The lowest BCUT2D eigenvalue weighted by Crippen LogP contribution is -2.10. The van der Waals surface area contributed by atoms with Crippen molar-refractivity contribution in [2.24, 2.45) is 5.73 Å². The molecule has 0 rings (SSSR count). The molecule has 4 heteroatoms. The third-order valence-electron chi connectivity index (χ3n) is 1.57. The number of nitrogens with two attached hydrogens (primary N) is 1. The van der Waals surface area contributed by atoms with Crippen LogP contribution in [0.25, 0.3) is 0 Å². The number of allylic oxidation sites excluding steroid dienone is 1. The molecule has 0 amide bonds. The van der Waals surface area contributed by atoms with E-state index in [1.165, 1.54) is 11.8 Å². The van der Waals surface area contributed by atoms with Crippen LogP contribution in [0.3, 0.4) is 0 Å². The zero-order valence-corrected chi connectivity index (χ0v) is 8.82. The second kappa shape index (κ2) is 6.71. The molecule has 74 valence electrons. The number of hydrogen-bond donors (Lipinski definition) is 1. The Bertz CT molecular complexity index is 220. The summed E-state index contributed by atoms with van der Waals surface area (Å²) in [6, 6.07) is 0. The van der Waals surface area contributed by atoms with Crippen molar-refractivity contribution in [2.45, 2.75) is 20.3 Å². The van der Waals surface area contributed by atoms with Crippen LogP contribution in [0.1, 0.15) is 20.3 Å². The summed E-state index contributed by atoms with van der Waals surface area (Å²) in [5.74, 6) is 1.01. The lowest BCUT2D eigenvalue weighted by Gasteiger charge is -2.05. The Hall–Kier alpha value is -0.770. The van der Waals surface area contributed by atoms with E-state index in [1.807, 2.05) is 0 Å². The largest absolute Gasteiger partial charge is 0.402 e. The number of thioether (sulfide) groups is 1. The fourth-order valence-corrected chi connectivity index (χ4v) is 1.64. The molecule has 0 heterocycles. The predicted octanol–water partition coefficient (Wildman–Crippen LogP) is 1.13. The van der Waals surface area contributed by atoms with Crippen molar-refractivity contribution in [3.63, 3.8) is 0 Å². The summed E-state index contributed by atoms with van der Waals surface area (Å²) in [5.41, 5.74) is 6.76. The van der Waals surface area contributed by atoms with Gasteiger partial charge in [0.05, 0.1) is 0 Å². The third-order valence-corrected chi connectivity index (χ3v) is 2.43. The minimum Gasteiger partial charge on any atom is -0.402 e. The van der Waals surface area contributed by atoms with Crippen molar-refractivity contribution in [3.05, 3.63) is 11.3 Å². The zero-order valence-electron chi connectivity index (χ0n) is 8.00.